The van der Waals surface area contributed by atoms with E-state index >= 15 is 0 Å². The second-order valence-corrected chi connectivity index (χ2v) is 8.58. The summed E-state index contributed by atoms with van der Waals surface area (Å²) in [6, 6.07) is 15.9. The molecule has 0 bridgehead atoms. The molecule has 0 radical (unpaired) electrons. The molecule has 1 aromatic heterocycles. The number of thioether (sulfide) groups is 1. The summed E-state index contributed by atoms with van der Waals surface area (Å²) in [7, 11) is 1.65. The molecule has 0 spiro atoms. The van der Waals surface area contributed by atoms with Gasteiger partial charge in [-0.15, -0.1) is 10.2 Å². The van der Waals surface area contributed by atoms with Crippen LogP contribution in [-0.4, -0.2) is 33.4 Å². The summed E-state index contributed by atoms with van der Waals surface area (Å²) in [5.41, 5.74) is 2.97. The maximum Gasteiger partial charge on any atom is 0.192 e. The van der Waals surface area contributed by atoms with Crippen molar-refractivity contribution in [3.8, 4) is 17.1 Å². The van der Waals surface area contributed by atoms with Crippen LogP contribution in [0.5, 0.6) is 5.75 Å². The second-order valence-electron chi connectivity index (χ2n) is 7.64. The maximum absolute atomic E-state index is 12.7. The van der Waals surface area contributed by atoms with E-state index in [-0.39, 0.29) is 11.8 Å². The topological polar surface area (TPSA) is 57.0 Å². The lowest BCUT2D eigenvalue weighted by Gasteiger charge is -2.14. The maximum atomic E-state index is 12.7. The van der Waals surface area contributed by atoms with Crippen LogP contribution in [0, 0.1) is 0 Å². The molecule has 30 heavy (non-hydrogen) atoms. The van der Waals surface area contributed by atoms with Crippen molar-refractivity contribution in [2.24, 2.45) is 0 Å². The van der Waals surface area contributed by atoms with Gasteiger partial charge in [-0.2, -0.15) is 0 Å². The molecule has 0 fully saturated rings. The molecule has 3 rings (SSSR count). The van der Waals surface area contributed by atoms with Crippen LogP contribution in [0.25, 0.3) is 11.4 Å². The Morgan fingerprint density at radius 3 is 2.27 bits per heavy atom. The molecule has 0 N–H and O–H groups in total. The van der Waals surface area contributed by atoms with Gasteiger partial charge < -0.3 is 4.74 Å². The summed E-state index contributed by atoms with van der Waals surface area (Å²) in [5, 5.41) is 9.51. The molecule has 0 aliphatic carbocycles. The van der Waals surface area contributed by atoms with Gasteiger partial charge in [-0.25, -0.2) is 0 Å². The number of ketones is 1. The van der Waals surface area contributed by atoms with Gasteiger partial charge in [-0.3, -0.25) is 9.36 Å². The van der Waals surface area contributed by atoms with E-state index in [1.54, 1.807) is 7.11 Å². The molecule has 0 saturated heterocycles. The van der Waals surface area contributed by atoms with E-state index in [9.17, 15) is 4.79 Å². The number of methoxy groups -OCH3 is 1. The molecular formula is C24H29N3O2S. The van der Waals surface area contributed by atoms with Gasteiger partial charge >= 0.3 is 0 Å². The predicted octanol–water partition coefficient (Wildman–Crippen LogP) is 6.02. The van der Waals surface area contributed by atoms with Crippen molar-refractivity contribution in [3.05, 3.63) is 59.7 Å². The van der Waals surface area contributed by atoms with Crippen LogP contribution in [0.4, 0.5) is 0 Å². The van der Waals surface area contributed by atoms with Gasteiger partial charge in [0.15, 0.2) is 16.8 Å². The van der Waals surface area contributed by atoms with Gasteiger partial charge in [0.1, 0.15) is 5.75 Å². The summed E-state index contributed by atoms with van der Waals surface area (Å²) in [6.45, 7) is 8.56. The summed E-state index contributed by atoms with van der Waals surface area (Å²) < 4.78 is 7.31. The molecule has 1 heterocycles. The summed E-state index contributed by atoms with van der Waals surface area (Å²) in [4.78, 5) is 12.7. The highest BCUT2D eigenvalue weighted by Crippen LogP contribution is 2.29. The molecule has 1 atom stereocenters. The molecule has 0 amide bonds. The Hall–Kier alpha value is -2.60. The molecule has 2 aromatic carbocycles. The fourth-order valence-corrected chi connectivity index (χ4v) is 4.19. The fraction of sp³-hybridized carbons (Fsp3) is 0.375. The van der Waals surface area contributed by atoms with Crippen LogP contribution in [0.2, 0.25) is 0 Å². The molecule has 0 saturated carbocycles. The zero-order chi connectivity index (χ0) is 21.7. The van der Waals surface area contributed by atoms with Crippen molar-refractivity contribution in [3.63, 3.8) is 0 Å². The van der Waals surface area contributed by atoms with Crippen molar-refractivity contribution in [1.82, 2.24) is 14.8 Å². The van der Waals surface area contributed by atoms with E-state index in [0.29, 0.717) is 11.7 Å². The predicted molar refractivity (Wildman–Crippen MR) is 123 cm³/mol. The van der Waals surface area contributed by atoms with Gasteiger partial charge in [-0.05, 0) is 56.0 Å². The smallest absolute Gasteiger partial charge is 0.192 e. The van der Waals surface area contributed by atoms with E-state index in [2.05, 4.69) is 54.6 Å². The third-order valence-electron chi connectivity index (χ3n) is 5.28. The standard InChI is InChI=1S/C24H29N3O2S/c1-6-17(4)18-7-9-19(10-8-18)22(28)15-30-24-26-25-23(27(24)16(2)3)20-11-13-21(29-5)14-12-20/h7-14,16-17H,6,15H2,1-5H3/t17-/m0/s1. The third kappa shape index (κ3) is 4.93. The molecule has 0 unspecified atom stereocenters. The number of Topliss-reactive ketones (excluding diaryl/α,β-unsaturated/α-hetero) is 1. The van der Waals surface area contributed by atoms with Crippen LogP contribution < -0.4 is 4.74 Å². The first-order valence-corrected chi connectivity index (χ1v) is 11.3. The largest absolute Gasteiger partial charge is 0.497 e. The first-order valence-electron chi connectivity index (χ1n) is 10.3. The van der Waals surface area contributed by atoms with Gasteiger partial charge in [0.2, 0.25) is 0 Å². The Morgan fingerprint density at radius 2 is 1.70 bits per heavy atom. The van der Waals surface area contributed by atoms with Gasteiger partial charge in [0.05, 0.1) is 12.9 Å². The average molecular weight is 424 g/mol. The van der Waals surface area contributed by atoms with Crippen LogP contribution >= 0.6 is 11.8 Å². The lowest BCUT2D eigenvalue weighted by molar-refractivity contribution is 0.102. The summed E-state index contributed by atoms with van der Waals surface area (Å²) in [5.74, 6) is 2.52. The number of benzene rings is 2. The normalized spacial score (nSPS) is 12.2. The van der Waals surface area contributed by atoms with E-state index < -0.39 is 0 Å². The number of rotatable bonds is 9. The van der Waals surface area contributed by atoms with Crippen LogP contribution in [-0.2, 0) is 0 Å². The zero-order valence-corrected chi connectivity index (χ0v) is 19.1. The quantitative estimate of drug-likeness (QED) is 0.311. The Balaban J connectivity index is 1.75. The van der Waals surface area contributed by atoms with Crippen molar-refractivity contribution in [2.75, 3.05) is 12.9 Å². The Bertz CT molecular complexity index is 979. The second kappa shape index (κ2) is 9.94. The van der Waals surface area contributed by atoms with E-state index in [1.807, 2.05) is 36.4 Å². The van der Waals surface area contributed by atoms with E-state index in [4.69, 9.17) is 4.74 Å². The minimum absolute atomic E-state index is 0.0972. The highest BCUT2D eigenvalue weighted by molar-refractivity contribution is 7.99. The first kappa shape index (κ1) is 22.1. The molecule has 3 aromatic rings. The molecular weight excluding hydrogens is 394 g/mol. The lowest BCUT2D eigenvalue weighted by Crippen LogP contribution is -2.08. The Labute approximate surface area is 182 Å². The van der Waals surface area contributed by atoms with Gasteiger partial charge in [-0.1, -0.05) is 49.9 Å². The van der Waals surface area contributed by atoms with Crippen LogP contribution in [0.1, 0.15) is 62.0 Å². The van der Waals surface area contributed by atoms with Crippen molar-refractivity contribution < 1.29 is 9.53 Å². The number of carbonyl (C=O) groups excluding carboxylic acids is 1. The van der Waals surface area contributed by atoms with E-state index in [1.165, 1.54) is 17.3 Å². The first-order chi connectivity index (χ1) is 14.4. The Morgan fingerprint density at radius 1 is 1.03 bits per heavy atom. The highest BCUT2D eigenvalue weighted by atomic mass is 32.2. The number of nitrogens with zero attached hydrogens (tertiary/aromatic N) is 3. The molecule has 158 valence electrons. The number of hydrogen-bond acceptors (Lipinski definition) is 5. The number of hydrogen-bond donors (Lipinski definition) is 0. The minimum Gasteiger partial charge on any atom is -0.497 e. The number of aromatic nitrogens is 3. The lowest BCUT2D eigenvalue weighted by atomic mass is 9.97. The van der Waals surface area contributed by atoms with E-state index in [0.717, 1.165) is 34.3 Å². The van der Waals surface area contributed by atoms with Gasteiger partial charge in [0, 0.05) is 17.2 Å². The molecule has 0 aliphatic heterocycles. The van der Waals surface area contributed by atoms with Gasteiger partial charge in [0.25, 0.3) is 0 Å². The molecule has 5 nitrogen and oxygen atoms in total. The summed E-state index contributed by atoms with van der Waals surface area (Å²) in [6.07, 6.45) is 1.09. The molecule has 6 heteroatoms. The van der Waals surface area contributed by atoms with Crippen molar-refractivity contribution >= 4 is 17.5 Å². The van der Waals surface area contributed by atoms with Crippen LogP contribution in [0.3, 0.4) is 0 Å². The van der Waals surface area contributed by atoms with Crippen molar-refractivity contribution in [2.45, 2.75) is 51.2 Å². The number of ether oxygens (including phenoxy) is 1. The SMILES string of the molecule is CC[C@H](C)c1ccc(C(=O)CSc2nnc(-c3ccc(OC)cc3)n2C(C)C)cc1. The summed E-state index contributed by atoms with van der Waals surface area (Å²) >= 11 is 1.43. The Kier molecular flexibility index (Phi) is 7.32. The fourth-order valence-electron chi connectivity index (χ4n) is 3.22. The van der Waals surface area contributed by atoms with Crippen molar-refractivity contribution in [1.29, 1.82) is 0 Å². The third-order valence-corrected chi connectivity index (χ3v) is 6.22. The van der Waals surface area contributed by atoms with Crippen LogP contribution in [0.15, 0.2) is 53.7 Å². The zero-order valence-electron chi connectivity index (χ0n) is 18.3. The monoisotopic (exact) mass is 423 g/mol. The number of carbonyl (C=O) groups is 1. The minimum atomic E-state index is 0.0972. The molecule has 0 aliphatic rings. The average Bonchev–Trinajstić information content (AvgIpc) is 3.21. The highest BCUT2D eigenvalue weighted by Gasteiger charge is 2.18.